The molecular weight excluding hydrogens is 404 g/mol. The average Bonchev–Trinajstić information content (AvgIpc) is 2.73. The lowest BCUT2D eigenvalue weighted by molar-refractivity contribution is -0.420. The van der Waals surface area contributed by atoms with Gasteiger partial charge in [0.25, 0.3) is 0 Å². The predicted octanol–water partition coefficient (Wildman–Crippen LogP) is 4.87. The monoisotopic (exact) mass is 432 g/mol. The van der Waals surface area contributed by atoms with Gasteiger partial charge in [-0.05, 0) is 76.2 Å². The fourth-order valence-electron chi connectivity index (χ4n) is 2.33. The first-order chi connectivity index (χ1) is 14.8. The second kappa shape index (κ2) is 11.9. The number of rotatable bonds is 11. The molecule has 0 aromatic heterocycles. The first-order valence-corrected chi connectivity index (χ1v) is 10.1. The molecule has 0 aliphatic carbocycles. The Morgan fingerprint density at radius 1 is 0.677 bits per heavy atom. The van der Waals surface area contributed by atoms with E-state index >= 15 is 0 Å². The Balaban J connectivity index is 1.81. The maximum Gasteiger partial charge on any atom is 0.373 e. The SMILES string of the molecule is CCC(OOC(=O)c1ccc(OC(C)C)cc1)OOC(=O)c1ccc(OC(C)C)cc1. The lowest BCUT2D eigenvalue weighted by Gasteiger charge is -2.14. The Morgan fingerprint density at radius 2 is 1.03 bits per heavy atom. The highest BCUT2D eigenvalue weighted by Gasteiger charge is 2.18. The molecule has 8 heteroatoms. The van der Waals surface area contributed by atoms with Crippen LogP contribution in [0.5, 0.6) is 11.5 Å². The van der Waals surface area contributed by atoms with Crippen molar-refractivity contribution in [2.24, 2.45) is 0 Å². The van der Waals surface area contributed by atoms with Crippen LogP contribution in [-0.4, -0.2) is 30.4 Å². The van der Waals surface area contributed by atoms with E-state index in [0.717, 1.165) is 0 Å². The minimum atomic E-state index is -1.08. The molecule has 0 fully saturated rings. The standard InChI is InChI=1S/C23H28O8/c1-6-21(28-30-22(24)17-7-11-19(12-8-17)26-15(2)3)29-31-23(25)18-9-13-20(14-10-18)27-16(4)5/h7-16,21H,6H2,1-5H3. The van der Waals surface area contributed by atoms with Gasteiger partial charge in [-0.1, -0.05) is 6.92 Å². The molecule has 8 nitrogen and oxygen atoms in total. The van der Waals surface area contributed by atoms with Crippen LogP contribution in [0.25, 0.3) is 0 Å². The molecule has 31 heavy (non-hydrogen) atoms. The molecule has 0 atom stereocenters. The Hall–Kier alpha value is -3.10. The predicted molar refractivity (Wildman–Crippen MR) is 111 cm³/mol. The van der Waals surface area contributed by atoms with Crippen LogP contribution in [0.1, 0.15) is 61.8 Å². The largest absolute Gasteiger partial charge is 0.491 e. The molecule has 2 aromatic rings. The van der Waals surface area contributed by atoms with Crippen molar-refractivity contribution in [1.82, 2.24) is 0 Å². The van der Waals surface area contributed by atoms with Crippen LogP contribution >= 0.6 is 0 Å². The van der Waals surface area contributed by atoms with Crippen LogP contribution < -0.4 is 9.47 Å². The Kier molecular flexibility index (Phi) is 9.30. The van der Waals surface area contributed by atoms with Gasteiger partial charge >= 0.3 is 11.9 Å². The summed E-state index contributed by atoms with van der Waals surface area (Å²) in [4.78, 5) is 43.7. The van der Waals surface area contributed by atoms with Crippen molar-refractivity contribution in [3.05, 3.63) is 59.7 Å². The molecule has 168 valence electrons. The number of carbonyl (C=O) groups is 2. The molecule has 0 saturated heterocycles. The van der Waals surface area contributed by atoms with E-state index in [4.69, 9.17) is 29.0 Å². The molecule has 2 rings (SSSR count). The summed E-state index contributed by atoms with van der Waals surface area (Å²) in [6.45, 7) is 9.34. The Morgan fingerprint density at radius 3 is 1.32 bits per heavy atom. The van der Waals surface area contributed by atoms with Crippen LogP contribution in [0.3, 0.4) is 0 Å². The van der Waals surface area contributed by atoms with E-state index < -0.39 is 18.2 Å². The van der Waals surface area contributed by atoms with E-state index in [2.05, 4.69) is 0 Å². The van der Waals surface area contributed by atoms with E-state index in [1.165, 1.54) is 0 Å². The summed E-state index contributed by atoms with van der Waals surface area (Å²) in [5.74, 6) is -0.161. The summed E-state index contributed by atoms with van der Waals surface area (Å²) in [6.07, 6.45) is -0.765. The van der Waals surface area contributed by atoms with Crippen molar-refractivity contribution in [1.29, 1.82) is 0 Å². The lowest BCUT2D eigenvalue weighted by Crippen LogP contribution is -2.21. The molecule has 0 amide bonds. The molecule has 0 unspecified atom stereocenters. The highest BCUT2D eigenvalue weighted by Crippen LogP contribution is 2.17. The minimum Gasteiger partial charge on any atom is -0.491 e. The molecule has 0 N–H and O–H groups in total. The fraction of sp³-hybridized carbons (Fsp3) is 0.391. The summed E-state index contributed by atoms with van der Waals surface area (Å²) in [5, 5.41) is 0. The minimum absolute atomic E-state index is 0.0256. The lowest BCUT2D eigenvalue weighted by atomic mass is 10.2. The number of carbonyl (C=O) groups excluding carboxylic acids is 2. The average molecular weight is 432 g/mol. The van der Waals surface area contributed by atoms with E-state index in [9.17, 15) is 9.59 Å². The van der Waals surface area contributed by atoms with Gasteiger partial charge in [0.05, 0.1) is 23.3 Å². The van der Waals surface area contributed by atoms with E-state index in [0.29, 0.717) is 11.5 Å². The summed E-state index contributed by atoms with van der Waals surface area (Å²) in [5.41, 5.74) is 0.540. The summed E-state index contributed by atoms with van der Waals surface area (Å²) < 4.78 is 11.0. The Labute approximate surface area is 181 Å². The zero-order valence-corrected chi connectivity index (χ0v) is 18.3. The van der Waals surface area contributed by atoms with E-state index in [-0.39, 0.29) is 29.8 Å². The van der Waals surface area contributed by atoms with Crippen molar-refractivity contribution < 1.29 is 38.6 Å². The summed E-state index contributed by atoms with van der Waals surface area (Å²) in [6, 6.07) is 12.8. The molecule has 0 saturated carbocycles. The number of ether oxygens (including phenoxy) is 2. The smallest absolute Gasteiger partial charge is 0.373 e. The summed E-state index contributed by atoms with van der Waals surface area (Å²) in [7, 11) is 0. The second-order valence-electron chi connectivity index (χ2n) is 7.15. The fourth-order valence-corrected chi connectivity index (χ4v) is 2.33. The summed E-state index contributed by atoms with van der Waals surface area (Å²) >= 11 is 0. The highest BCUT2D eigenvalue weighted by molar-refractivity contribution is 5.89. The van der Waals surface area contributed by atoms with Gasteiger partial charge in [-0.3, -0.25) is 9.78 Å². The van der Waals surface area contributed by atoms with Gasteiger partial charge < -0.3 is 9.47 Å². The maximum atomic E-state index is 12.1. The van der Waals surface area contributed by atoms with Crippen LogP contribution in [-0.2, 0) is 19.6 Å². The van der Waals surface area contributed by atoms with Crippen LogP contribution in [0, 0.1) is 0 Å². The van der Waals surface area contributed by atoms with Crippen LogP contribution in [0.15, 0.2) is 48.5 Å². The van der Waals surface area contributed by atoms with Gasteiger partial charge in [-0.2, -0.15) is 0 Å². The second-order valence-corrected chi connectivity index (χ2v) is 7.15. The molecule has 0 aliphatic rings. The topological polar surface area (TPSA) is 89.5 Å². The molecule has 0 radical (unpaired) electrons. The normalized spacial score (nSPS) is 11.0. The molecule has 0 bridgehead atoms. The molecule has 0 heterocycles. The van der Waals surface area contributed by atoms with Gasteiger partial charge in [0.15, 0.2) is 0 Å². The Bertz CT molecular complexity index is 758. The van der Waals surface area contributed by atoms with Crippen molar-refractivity contribution in [2.75, 3.05) is 0 Å². The van der Waals surface area contributed by atoms with Crippen molar-refractivity contribution in [2.45, 2.75) is 59.5 Å². The van der Waals surface area contributed by atoms with E-state index in [1.54, 1.807) is 55.5 Å². The van der Waals surface area contributed by atoms with Gasteiger partial charge in [0.1, 0.15) is 11.5 Å². The van der Waals surface area contributed by atoms with Crippen LogP contribution in [0.2, 0.25) is 0 Å². The highest BCUT2D eigenvalue weighted by atomic mass is 17.3. The number of hydrogen-bond acceptors (Lipinski definition) is 8. The van der Waals surface area contributed by atoms with Gasteiger partial charge in [-0.15, -0.1) is 9.78 Å². The van der Waals surface area contributed by atoms with Crippen LogP contribution in [0.4, 0.5) is 0 Å². The third kappa shape index (κ3) is 8.27. The van der Waals surface area contributed by atoms with Crippen molar-refractivity contribution in [3.8, 4) is 11.5 Å². The van der Waals surface area contributed by atoms with E-state index in [1.807, 2.05) is 27.7 Å². The third-order valence-electron chi connectivity index (χ3n) is 3.72. The van der Waals surface area contributed by atoms with Crippen molar-refractivity contribution >= 4 is 11.9 Å². The zero-order valence-electron chi connectivity index (χ0n) is 18.3. The third-order valence-corrected chi connectivity index (χ3v) is 3.72. The van der Waals surface area contributed by atoms with Crippen molar-refractivity contribution in [3.63, 3.8) is 0 Å². The molecule has 0 spiro atoms. The van der Waals surface area contributed by atoms with Gasteiger partial charge in [0.2, 0.25) is 6.29 Å². The van der Waals surface area contributed by atoms with Gasteiger partial charge in [0, 0.05) is 6.42 Å². The molecular formula is C23H28O8. The maximum absolute atomic E-state index is 12.1. The number of benzene rings is 2. The first-order valence-electron chi connectivity index (χ1n) is 10.1. The van der Waals surface area contributed by atoms with Gasteiger partial charge in [-0.25, -0.2) is 9.59 Å². The quantitative estimate of drug-likeness (QED) is 0.282. The zero-order chi connectivity index (χ0) is 22.8. The number of hydrogen-bond donors (Lipinski definition) is 0. The molecule has 0 aliphatic heterocycles. The first kappa shape index (κ1) is 24.2. The molecule has 2 aromatic carbocycles.